The van der Waals surface area contributed by atoms with E-state index in [1.165, 1.54) is 12.8 Å². The molecule has 1 fully saturated rings. The number of hydrogen-bond donors (Lipinski definition) is 3. The van der Waals surface area contributed by atoms with E-state index in [4.69, 9.17) is 27.3 Å². The molecule has 5 nitrogen and oxygen atoms in total. The van der Waals surface area contributed by atoms with Gasteiger partial charge in [0.05, 0.1) is 6.61 Å². The summed E-state index contributed by atoms with van der Waals surface area (Å²) in [6, 6.07) is 5.34. The molecule has 1 aromatic rings. The molecule has 2 rings (SSSR count). The molecule has 1 saturated carbocycles. The van der Waals surface area contributed by atoms with Gasteiger partial charge in [0.25, 0.3) is 0 Å². The Morgan fingerprint density at radius 2 is 2.30 bits per heavy atom. The van der Waals surface area contributed by atoms with E-state index in [2.05, 4.69) is 10.5 Å². The molecule has 110 valence electrons. The molecule has 0 saturated heterocycles. The number of ether oxygens (including phenoxy) is 1. The highest BCUT2D eigenvalue weighted by Gasteiger charge is 2.20. The van der Waals surface area contributed by atoms with Crippen molar-refractivity contribution < 1.29 is 9.94 Å². The van der Waals surface area contributed by atoms with Crippen molar-refractivity contribution in [3.8, 4) is 0 Å². The fourth-order valence-electron chi connectivity index (χ4n) is 1.81. The van der Waals surface area contributed by atoms with Crippen LogP contribution >= 0.6 is 11.6 Å². The SMILES string of the molecule is N/C(=N/O)c1ccc(CNCCOCC2CC2)c(Cl)c1. The highest BCUT2D eigenvalue weighted by atomic mass is 35.5. The minimum Gasteiger partial charge on any atom is -0.409 e. The van der Waals surface area contributed by atoms with E-state index in [0.717, 1.165) is 31.2 Å². The fraction of sp³-hybridized carbons (Fsp3) is 0.500. The maximum atomic E-state index is 8.61. The maximum Gasteiger partial charge on any atom is 0.170 e. The van der Waals surface area contributed by atoms with Gasteiger partial charge in [0.1, 0.15) is 0 Å². The van der Waals surface area contributed by atoms with Gasteiger partial charge in [-0.1, -0.05) is 28.9 Å². The standard InChI is InChI=1S/C14H20ClN3O2/c15-13-7-11(14(16)18-19)3-4-12(13)8-17-5-6-20-9-10-1-2-10/h3-4,7,10,17,19H,1-2,5-6,8-9H2,(H2,16,18). The van der Waals surface area contributed by atoms with Crippen molar-refractivity contribution in [3.63, 3.8) is 0 Å². The number of nitrogens with zero attached hydrogens (tertiary/aromatic N) is 1. The third kappa shape index (κ3) is 4.67. The Bertz CT molecular complexity index is 475. The van der Waals surface area contributed by atoms with Crippen LogP contribution in [-0.4, -0.2) is 30.8 Å². The summed E-state index contributed by atoms with van der Waals surface area (Å²) in [5.74, 6) is 0.857. The zero-order valence-electron chi connectivity index (χ0n) is 11.3. The molecule has 1 aliphatic rings. The third-order valence-corrected chi connectivity index (χ3v) is 3.60. The van der Waals surface area contributed by atoms with Gasteiger partial charge in [-0.05, 0) is 30.4 Å². The highest BCUT2D eigenvalue weighted by Crippen LogP contribution is 2.28. The molecule has 0 spiro atoms. The Kier molecular flexibility index (Phi) is 5.64. The van der Waals surface area contributed by atoms with Crippen molar-refractivity contribution in [1.82, 2.24) is 5.32 Å². The van der Waals surface area contributed by atoms with E-state index in [0.29, 0.717) is 17.1 Å². The van der Waals surface area contributed by atoms with Crippen LogP contribution in [0.2, 0.25) is 5.02 Å². The number of oxime groups is 1. The summed E-state index contributed by atoms with van der Waals surface area (Å²) in [6.07, 6.45) is 2.63. The van der Waals surface area contributed by atoms with Crippen LogP contribution in [-0.2, 0) is 11.3 Å². The summed E-state index contributed by atoms with van der Waals surface area (Å²) in [5.41, 5.74) is 7.09. The molecule has 20 heavy (non-hydrogen) atoms. The van der Waals surface area contributed by atoms with Gasteiger partial charge < -0.3 is 21.0 Å². The molecule has 0 atom stereocenters. The summed E-state index contributed by atoms with van der Waals surface area (Å²) in [5, 5.41) is 15.4. The number of nitrogens with one attached hydrogen (secondary N) is 1. The topological polar surface area (TPSA) is 79.9 Å². The van der Waals surface area contributed by atoms with Crippen molar-refractivity contribution >= 4 is 17.4 Å². The monoisotopic (exact) mass is 297 g/mol. The Labute approximate surface area is 123 Å². The van der Waals surface area contributed by atoms with E-state index in [9.17, 15) is 0 Å². The number of rotatable bonds is 8. The first-order valence-electron chi connectivity index (χ1n) is 6.75. The Morgan fingerprint density at radius 3 is 2.95 bits per heavy atom. The predicted molar refractivity (Wildman–Crippen MR) is 79.2 cm³/mol. The van der Waals surface area contributed by atoms with Gasteiger partial charge >= 0.3 is 0 Å². The number of amidine groups is 1. The average Bonchev–Trinajstić information content (AvgIpc) is 3.27. The molecule has 0 unspecified atom stereocenters. The van der Waals surface area contributed by atoms with E-state index < -0.39 is 0 Å². The fourth-order valence-corrected chi connectivity index (χ4v) is 2.06. The van der Waals surface area contributed by atoms with E-state index >= 15 is 0 Å². The number of benzene rings is 1. The summed E-state index contributed by atoms with van der Waals surface area (Å²) in [7, 11) is 0. The second-order valence-electron chi connectivity index (χ2n) is 4.99. The zero-order chi connectivity index (χ0) is 14.4. The van der Waals surface area contributed by atoms with Crippen LogP contribution in [0.3, 0.4) is 0 Å². The highest BCUT2D eigenvalue weighted by molar-refractivity contribution is 6.31. The third-order valence-electron chi connectivity index (χ3n) is 3.25. The Morgan fingerprint density at radius 1 is 1.50 bits per heavy atom. The molecule has 0 amide bonds. The van der Waals surface area contributed by atoms with Crippen LogP contribution in [0.5, 0.6) is 0 Å². The van der Waals surface area contributed by atoms with Crippen LogP contribution in [0.1, 0.15) is 24.0 Å². The van der Waals surface area contributed by atoms with E-state index in [-0.39, 0.29) is 5.84 Å². The van der Waals surface area contributed by atoms with Gasteiger partial charge in [-0.15, -0.1) is 0 Å². The van der Waals surface area contributed by atoms with Gasteiger partial charge in [-0.2, -0.15) is 0 Å². The number of halogens is 1. The molecular formula is C14H20ClN3O2. The van der Waals surface area contributed by atoms with E-state index in [1.54, 1.807) is 12.1 Å². The van der Waals surface area contributed by atoms with Crippen molar-refractivity contribution in [2.45, 2.75) is 19.4 Å². The van der Waals surface area contributed by atoms with Gasteiger partial charge in [0.2, 0.25) is 0 Å². The lowest BCUT2D eigenvalue weighted by atomic mass is 10.1. The largest absolute Gasteiger partial charge is 0.409 e. The van der Waals surface area contributed by atoms with Crippen LogP contribution in [0.25, 0.3) is 0 Å². The smallest absolute Gasteiger partial charge is 0.170 e. The van der Waals surface area contributed by atoms with Gasteiger partial charge in [0.15, 0.2) is 5.84 Å². The molecule has 0 bridgehead atoms. The van der Waals surface area contributed by atoms with Crippen molar-refractivity contribution in [2.75, 3.05) is 19.8 Å². The molecule has 1 aliphatic carbocycles. The Balaban J connectivity index is 1.71. The first-order valence-corrected chi connectivity index (χ1v) is 7.13. The zero-order valence-corrected chi connectivity index (χ0v) is 12.1. The van der Waals surface area contributed by atoms with Crippen LogP contribution in [0.4, 0.5) is 0 Å². The first-order chi connectivity index (χ1) is 9.70. The maximum absolute atomic E-state index is 8.61. The number of hydrogen-bond acceptors (Lipinski definition) is 4. The summed E-state index contributed by atoms with van der Waals surface area (Å²) in [4.78, 5) is 0. The van der Waals surface area contributed by atoms with E-state index in [1.807, 2.05) is 6.07 Å². The molecule has 6 heteroatoms. The van der Waals surface area contributed by atoms with Crippen LogP contribution in [0.15, 0.2) is 23.4 Å². The second-order valence-corrected chi connectivity index (χ2v) is 5.39. The average molecular weight is 298 g/mol. The van der Waals surface area contributed by atoms with Gasteiger partial charge in [-0.25, -0.2) is 0 Å². The lowest BCUT2D eigenvalue weighted by molar-refractivity contribution is 0.126. The summed E-state index contributed by atoms with van der Waals surface area (Å²) in [6.45, 7) is 3.07. The van der Waals surface area contributed by atoms with Gasteiger partial charge in [0, 0.05) is 30.3 Å². The molecule has 0 heterocycles. The minimum atomic E-state index is 0.0554. The van der Waals surface area contributed by atoms with Crippen molar-refractivity contribution in [1.29, 1.82) is 0 Å². The minimum absolute atomic E-state index is 0.0554. The lowest BCUT2D eigenvalue weighted by Crippen LogP contribution is -2.20. The molecular weight excluding hydrogens is 278 g/mol. The first kappa shape index (κ1) is 15.1. The normalized spacial score (nSPS) is 15.6. The quantitative estimate of drug-likeness (QED) is 0.225. The van der Waals surface area contributed by atoms with Crippen molar-refractivity contribution in [3.05, 3.63) is 34.3 Å². The summed E-state index contributed by atoms with van der Waals surface area (Å²) < 4.78 is 5.54. The molecule has 0 aliphatic heterocycles. The van der Waals surface area contributed by atoms with Crippen molar-refractivity contribution in [2.24, 2.45) is 16.8 Å². The van der Waals surface area contributed by atoms with Gasteiger partial charge in [-0.3, -0.25) is 0 Å². The predicted octanol–water partition coefficient (Wildman–Crippen LogP) is 1.95. The second kappa shape index (κ2) is 7.47. The Hall–Kier alpha value is -1.30. The number of nitrogens with two attached hydrogens (primary N) is 1. The molecule has 4 N–H and O–H groups in total. The van der Waals surface area contributed by atoms with Crippen LogP contribution < -0.4 is 11.1 Å². The molecule has 0 aromatic heterocycles. The molecule has 0 radical (unpaired) electrons. The lowest BCUT2D eigenvalue weighted by Gasteiger charge is -2.08. The summed E-state index contributed by atoms with van der Waals surface area (Å²) >= 11 is 6.16. The molecule has 1 aromatic carbocycles. The van der Waals surface area contributed by atoms with Crippen LogP contribution in [0, 0.1) is 5.92 Å².